The standard InChI is InChI=1S/C17H17N3O2S/c1-12-6-7-16(10-13(12)2)23(21,22)20-15-5-3-4-14(11-15)17-8-9-18-19-17/h3-11,20H,1-2H3,(H,18,19). The fourth-order valence-electron chi connectivity index (χ4n) is 2.26. The molecule has 0 atom stereocenters. The van der Waals surface area contributed by atoms with Crippen molar-refractivity contribution in [1.29, 1.82) is 0 Å². The molecule has 3 rings (SSSR count). The van der Waals surface area contributed by atoms with Gasteiger partial charge >= 0.3 is 0 Å². The van der Waals surface area contributed by atoms with Crippen LogP contribution in [0.1, 0.15) is 11.1 Å². The molecule has 0 radical (unpaired) electrons. The largest absolute Gasteiger partial charge is 0.280 e. The Labute approximate surface area is 135 Å². The average molecular weight is 327 g/mol. The van der Waals surface area contributed by atoms with Crippen LogP contribution < -0.4 is 4.72 Å². The molecule has 6 heteroatoms. The summed E-state index contributed by atoms with van der Waals surface area (Å²) in [5, 5.41) is 6.77. The summed E-state index contributed by atoms with van der Waals surface area (Å²) in [6.45, 7) is 3.85. The normalized spacial score (nSPS) is 11.4. The van der Waals surface area contributed by atoms with Crippen LogP contribution in [0.15, 0.2) is 59.6 Å². The Hall–Kier alpha value is -2.60. The lowest BCUT2D eigenvalue weighted by atomic mass is 10.1. The van der Waals surface area contributed by atoms with Crippen molar-refractivity contribution in [3.05, 3.63) is 65.9 Å². The Bertz CT molecular complexity index is 932. The molecule has 118 valence electrons. The Morgan fingerprint density at radius 2 is 1.83 bits per heavy atom. The molecule has 0 unspecified atom stereocenters. The van der Waals surface area contributed by atoms with Crippen molar-refractivity contribution in [3.63, 3.8) is 0 Å². The third-order valence-corrected chi connectivity index (χ3v) is 5.09. The summed E-state index contributed by atoms with van der Waals surface area (Å²) in [4.78, 5) is 0.257. The van der Waals surface area contributed by atoms with Crippen LogP contribution in [0.5, 0.6) is 0 Å². The molecule has 0 aliphatic rings. The van der Waals surface area contributed by atoms with Crippen molar-refractivity contribution in [2.45, 2.75) is 18.7 Å². The molecule has 23 heavy (non-hydrogen) atoms. The maximum Gasteiger partial charge on any atom is 0.261 e. The van der Waals surface area contributed by atoms with Gasteiger partial charge in [-0.25, -0.2) is 8.42 Å². The van der Waals surface area contributed by atoms with Crippen LogP contribution in [0.3, 0.4) is 0 Å². The lowest BCUT2D eigenvalue weighted by Gasteiger charge is -2.10. The van der Waals surface area contributed by atoms with Crippen LogP contribution in [-0.4, -0.2) is 18.6 Å². The topological polar surface area (TPSA) is 74.8 Å². The highest BCUT2D eigenvalue weighted by atomic mass is 32.2. The van der Waals surface area contributed by atoms with Crippen LogP contribution in [0.4, 0.5) is 5.69 Å². The van der Waals surface area contributed by atoms with E-state index in [2.05, 4.69) is 14.9 Å². The highest BCUT2D eigenvalue weighted by Gasteiger charge is 2.15. The van der Waals surface area contributed by atoms with E-state index in [-0.39, 0.29) is 4.90 Å². The molecular weight excluding hydrogens is 310 g/mol. The number of hydrogen-bond acceptors (Lipinski definition) is 3. The molecule has 5 nitrogen and oxygen atoms in total. The molecule has 0 aliphatic carbocycles. The summed E-state index contributed by atoms with van der Waals surface area (Å²) < 4.78 is 27.7. The Morgan fingerprint density at radius 3 is 2.52 bits per heavy atom. The third-order valence-electron chi connectivity index (χ3n) is 3.72. The number of anilines is 1. The second-order valence-corrected chi connectivity index (χ2v) is 7.09. The van der Waals surface area contributed by atoms with Gasteiger partial charge in [-0.05, 0) is 55.3 Å². The predicted molar refractivity (Wildman–Crippen MR) is 90.7 cm³/mol. The summed E-state index contributed by atoms with van der Waals surface area (Å²) in [6.07, 6.45) is 1.65. The van der Waals surface area contributed by atoms with Crippen molar-refractivity contribution < 1.29 is 8.42 Å². The number of aromatic nitrogens is 2. The SMILES string of the molecule is Cc1ccc(S(=O)(=O)Nc2cccc(-c3ccn[nH]3)c2)cc1C. The lowest BCUT2D eigenvalue weighted by Crippen LogP contribution is -2.13. The molecule has 1 heterocycles. The maximum atomic E-state index is 12.5. The Balaban J connectivity index is 1.91. The molecule has 0 amide bonds. The minimum atomic E-state index is -3.61. The van der Waals surface area contributed by atoms with Crippen molar-refractivity contribution in [1.82, 2.24) is 10.2 Å². The summed E-state index contributed by atoms with van der Waals surface area (Å²) in [5.74, 6) is 0. The number of nitrogens with zero attached hydrogens (tertiary/aromatic N) is 1. The first kappa shape index (κ1) is 15.3. The van der Waals surface area contributed by atoms with Gasteiger partial charge in [0.2, 0.25) is 0 Å². The number of H-pyrrole nitrogens is 1. The molecule has 0 bridgehead atoms. The number of aromatic amines is 1. The number of benzene rings is 2. The van der Waals surface area contributed by atoms with Crippen molar-refractivity contribution >= 4 is 15.7 Å². The number of aryl methyl sites for hydroxylation is 2. The molecule has 1 aromatic heterocycles. The van der Waals surface area contributed by atoms with Crippen molar-refractivity contribution in [3.8, 4) is 11.3 Å². The lowest BCUT2D eigenvalue weighted by molar-refractivity contribution is 0.601. The maximum absolute atomic E-state index is 12.5. The zero-order valence-corrected chi connectivity index (χ0v) is 13.7. The van der Waals surface area contributed by atoms with Gasteiger partial charge in [0, 0.05) is 17.4 Å². The molecule has 0 spiro atoms. The van der Waals surface area contributed by atoms with E-state index < -0.39 is 10.0 Å². The van der Waals surface area contributed by atoms with Crippen LogP contribution in [0, 0.1) is 13.8 Å². The Kier molecular flexibility index (Phi) is 3.92. The van der Waals surface area contributed by atoms with Gasteiger partial charge in [0.1, 0.15) is 0 Å². The minimum Gasteiger partial charge on any atom is -0.280 e. The number of hydrogen-bond donors (Lipinski definition) is 2. The van der Waals surface area contributed by atoms with Crippen molar-refractivity contribution in [2.24, 2.45) is 0 Å². The zero-order chi connectivity index (χ0) is 16.4. The van der Waals surface area contributed by atoms with E-state index >= 15 is 0 Å². The van der Waals surface area contributed by atoms with Gasteiger partial charge in [-0.2, -0.15) is 5.10 Å². The van der Waals surface area contributed by atoms with Gasteiger partial charge in [0.25, 0.3) is 10.0 Å². The highest BCUT2D eigenvalue weighted by molar-refractivity contribution is 7.92. The number of rotatable bonds is 4. The van der Waals surface area contributed by atoms with Crippen LogP contribution in [0.25, 0.3) is 11.3 Å². The van der Waals surface area contributed by atoms with Gasteiger partial charge in [-0.1, -0.05) is 18.2 Å². The minimum absolute atomic E-state index is 0.257. The van der Waals surface area contributed by atoms with E-state index in [4.69, 9.17) is 0 Å². The zero-order valence-electron chi connectivity index (χ0n) is 12.9. The van der Waals surface area contributed by atoms with Gasteiger partial charge in [-0.15, -0.1) is 0 Å². The van der Waals surface area contributed by atoms with Crippen molar-refractivity contribution in [2.75, 3.05) is 4.72 Å². The molecule has 0 saturated carbocycles. The predicted octanol–water partition coefficient (Wildman–Crippen LogP) is 3.49. The molecular formula is C17H17N3O2S. The molecule has 0 fully saturated rings. The summed E-state index contributed by atoms with van der Waals surface area (Å²) in [7, 11) is -3.61. The average Bonchev–Trinajstić information content (AvgIpc) is 3.04. The first-order valence-corrected chi connectivity index (χ1v) is 8.64. The fourth-order valence-corrected chi connectivity index (χ4v) is 3.40. The van der Waals surface area contributed by atoms with Crippen LogP contribution in [0.2, 0.25) is 0 Å². The smallest absolute Gasteiger partial charge is 0.261 e. The van der Waals surface area contributed by atoms with Gasteiger partial charge in [-0.3, -0.25) is 9.82 Å². The molecule has 2 aromatic carbocycles. The first-order valence-electron chi connectivity index (χ1n) is 7.15. The van der Waals surface area contributed by atoms with Crippen LogP contribution in [-0.2, 0) is 10.0 Å². The molecule has 0 saturated heterocycles. The second-order valence-electron chi connectivity index (χ2n) is 5.40. The first-order chi connectivity index (χ1) is 11.0. The molecule has 3 aromatic rings. The summed E-state index contributed by atoms with van der Waals surface area (Å²) >= 11 is 0. The highest BCUT2D eigenvalue weighted by Crippen LogP contribution is 2.23. The van der Waals surface area contributed by atoms with Gasteiger partial charge < -0.3 is 0 Å². The quantitative estimate of drug-likeness (QED) is 0.770. The van der Waals surface area contributed by atoms with E-state index in [0.29, 0.717) is 5.69 Å². The van der Waals surface area contributed by atoms with E-state index in [1.54, 1.807) is 36.5 Å². The summed E-state index contributed by atoms with van der Waals surface area (Å²) in [5.41, 5.74) is 4.21. The van der Waals surface area contributed by atoms with E-state index in [1.807, 2.05) is 32.0 Å². The van der Waals surface area contributed by atoms with E-state index in [1.165, 1.54) is 0 Å². The molecule has 0 aliphatic heterocycles. The van der Waals surface area contributed by atoms with Gasteiger partial charge in [0.15, 0.2) is 0 Å². The third kappa shape index (κ3) is 3.27. The molecule has 2 N–H and O–H groups in total. The monoisotopic (exact) mass is 327 g/mol. The number of nitrogens with one attached hydrogen (secondary N) is 2. The Morgan fingerprint density at radius 1 is 1.00 bits per heavy atom. The van der Waals surface area contributed by atoms with E-state index in [9.17, 15) is 8.42 Å². The van der Waals surface area contributed by atoms with Gasteiger partial charge in [0.05, 0.1) is 10.6 Å². The second kappa shape index (κ2) is 5.89. The number of sulfonamides is 1. The fraction of sp³-hybridized carbons (Fsp3) is 0.118. The van der Waals surface area contributed by atoms with Crippen LogP contribution >= 0.6 is 0 Å². The summed E-state index contributed by atoms with van der Waals surface area (Å²) in [6, 6.07) is 14.1. The van der Waals surface area contributed by atoms with E-state index in [0.717, 1.165) is 22.4 Å².